The minimum atomic E-state index is -1.89. The van der Waals surface area contributed by atoms with E-state index in [1.165, 1.54) is 20.4 Å². The summed E-state index contributed by atoms with van der Waals surface area (Å²) in [6.07, 6.45) is 0. The molecule has 0 radical (unpaired) electrons. The van der Waals surface area contributed by atoms with Crippen molar-refractivity contribution in [2.75, 3.05) is 0 Å². The second-order valence-electron chi connectivity index (χ2n) is 7.54. The Labute approximate surface area is 181 Å². The van der Waals surface area contributed by atoms with Crippen molar-refractivity contribution in [2.45, 2.75) is 17.9 Å². The molecule has 0 atom stereocenters. The predicted molar refractivity (Wildman–Crippen MR) is 131 cm³/mol. The van der Waals surface area contributed by atoms with Crippen molar-refractivity contribution >= 4 is 42.6 Å². The Morgan fingerprint density at radius 2 is 0.793 bits per heavy atom. The van der Waals surface area contributed by atoms with Crippen LogP contribution in [0.5, 0.6) is 0 Å². The van der Waals surface area contributed by atoms with E-state index in [1.54, 1.807) is 0 Å². The van der Waals surface area contributed by atoms with Gasteiger partial charge in [-0.05, 0) is 0 Å². The molecule has 0 saturated carbocycles. The molecule has 0 aliphatic rings. The van der Waals surface area contributed by atoms with Crippen LogP contribution in [0.2, 0.25) is 0 Å². The molecule has 0 aliphatic heterocycles. The van der Waals surface area contributed by atoms with Crippen LogP contribution in [0.15, 0.2) is 121 Å². The van der Waals surface area contributed by atoms with Crippen LogP contribution in [0.1, 0.15) is 13.8 Å². The van der Waals surface area contributed by atoms with E-state index in [0.717, 1.165) is 0 Å². The molecule has 2 heteroatoms. The Morgan fingerprint density at radius 3 is 1.14 bits per heavy atom. The summed E-state index contributed by atoms with van der Waals surface area (Å²) in [7, 11) is -1.89. The maximum absolute atomic E-state index is 2.49. The number of hydrogen-bond donors (Lipinski definition) is 0. The van der Waals surface area contributed by atoms with Gasteiger partial charge in [-0.15, -0.1) is 0 Å². The first-order valence-corrected chi connectivity index (χ1v) is 13.4. The van der Waals surface area contributed by atoms with Gasteiger partial charge in [0.2, 0.25) is 0 Å². The molecule has 29 heavy (non-hydrogen) atoms. The molecular formula is C27H26PSe+. The monoisotopic (exact) mass is 461 g/mol. The fraction of sp³-hybridized carbons (Fsp3) is 0.111. The van der Waals surface area contributed by atoms with Crippen LogP contribution in [0.4, 0.5) is 0 Å². The molecule has 0 aromatic heterocycles. The van der Waals surface area contributed by atoms with Crippen molar-refractivity contribution in [1.29, 1.82) is 0 Å². The third-order valence-electron chi connectivity index (χ3n) is 5.35. The van der Waals surface area contributed by atoms with Gasteiger partial charge >= 0.3 is 182 Å². The van der Waals surface area contributed by atoms with Crippen molar-refractivity contribution < 1.29 is 0 Å². The van der Waals surface area contributed by atoms with Gasteiger partial charge in [-0.25, -0.2) is 0 Å². The minimum absolute atomic E-state index is 0.103. The molecule has 0 N–H and O–H groups in total. The SMILES string of the molecule is CC(C)([Se]c1ccccc1)[P+](c1ccccc1)(c1ccccc1)c1ccccc1. The Kier molecular flexibility index (Phi) is 6.02. The first-order chi connectivity index (χ1) is 14.1. The van der Waals surface area contributed by atoms with Gasteiger partial charge in [-0.1, -0.05) is 0 Å². The van der Waals surface area contributed by atoms with Crippen molar-refractivity contribution in [3.63, 3.8) is 0 Å². The second kappa shape index (κ2) is 8.68. The number of benzene rings is 4. The van der Waals surface area contributed by atoms with E-state index in [0.29, 0.717) is 15.0 Å². The van der Waals surface area contributed by atoms with Crippen molar-refractivity contribution in [3.05, 3.63) is 121 Å². The number of rotatable bonds is 6. The summed E-state index contributed by atoms with van der Waals surface area (Å²) in [6, 6.07) is 44.6. The van der Waals surface area contributed by atoms with Gasteiger partial charge < -0.3 is 0 Å². The third-order valence-corrected chi connectivity index (χ3v) is 14.5. The summed E-state index contributed by atoms with van der Waals surface area (Å²) in [5.41, 5.74) is 0. The van der Waals surface area contributed by atoms with Crippen LogP contribution in [0, 0.1) is 0 Å². The van der Waals surface area contributed by atoms with Crippen LogP contribution >= 0.6 is 7.26 Å². The summed E-state index contributed by atoms with van der Waals surface area (Å²) in [6.45, 7) is 4.97. The van der Waals surface area contributed by atoms with Gasteiger partial charge in [0.1, 0.15) is 0 Å². The first-order valence-electron chi connectivity index (χ1n) is 9.95. The van der Waals surface area contributed by atoms with Gasteiger partial charge in [0.25, 0.3) is 0 Å². The molecule has 0 amide bonds. The maximum atomic E-state index is 2.49. The van der Waals surface area contributed by atoms with Crippen LogP contribution in [0.25, 0.3) is 0 Å². The summed E-state index contributed by atoms with van der Waals surface area (Å²) in [5, 5.41) is 4.38. The van der Waals surface area contributed by atoms with Crippen molar-refractivity contribution in [2.24, 2.45) is 0 Å². The van der Waals surface area contributed by atoms with Gasteiger partial charge in [0.15, 0.2) is 0 Å². The molecule has 144 valence electrons. The molecule has 4 aromatic carbocycles. The van der Waals surface area contributed by atoms with E-state index in [9.17, 15) is 0 Å². The van der Waals surface area contributed by atoms with Crippen molar-refractivity contribution in [3.8, 4) is 0 Å². The molecule has 0 heterocycles. The Hall–Kier alpha value is -2.17. The van der Waals surface area contributed by atoms with Gasteiger partial charge in [0.05, 0.1) is 0 Å². The Morgan fingerprint density at radius 1 is 0.483 bits per heavy atom. The molecule has 0 fully saturated rings. The zero-order valence-electron chi connectivity index (χ0n) is 16.9. The fourth-order valence-electron chi connectivity index (χ4n) is 4.18. The average molecular weight is 460 g/mol. The van der Waals surface area contributed by atoms with Crippen LogP contribution in [-0.4, -0.2) is 19.0 Å². The van der Waals surface area contributed by atoms with E-state index in [2.05, 4.69) is 135 Å². The molecule has 0 aliphatic carbocycles. The molecule has 4 aromatic rings. The average Bonchev–Trinajstić information content (AvgIpc) is 2.77. The molecule has 0 bridgehead atoms. The molecule has 0 nitrogen and oxygen atoms in total. The number of hydrogen-bond acceptors (Lipinski definition) is 0. The van der Waals surface area contributed by atoms with Gasteiger partial charge in [-0.3, -0.25) is 0 Å². The quantitative estimate of drug-likeness (QED) is 0.288. The van der Waals surface area contributed by atoms with E-state index in [1.807, 2.05) is 0 Å². The fourth-order valence-corrected chi connectivity index (χ4v) is 14.2. The summed E-state index contributed by atoms with van der Waals surface area (Å²) in [5.74, 6) is 0. The van der Waals surface area contributed by atoms with E-state index in [-0.39, 0.29) is 4.05 Å². The topological polar surface area (TPSA) is 0 Å². The predicted octanol–water partition coefficient (Wildman–Crippen LogP) is 4.75. The second-order valence-corrected chi connectivity index (χ2v) is 15.8. The van der Waals surface area contributed by atoms with Crippen molar-refractivity contribution in [1.82, 2.24) is 0 Å². The van der Waals surface area contributed by atoms with E-state index < -0.39 is 7.26 Å². The molecular weight excluding hydrogens is 434 g/mol. The molecule has 0 saturated heterocycles. The Balaban J connectivity index is 2.02. The molecule has 0 unspecified atom stereocenters. The van der Waals surface area contributed by atoms with E-state index in [4.69, 9.17) is 0 Å². The standard InChI is InChI=1S/C27H26PSe/c1-27(2,29-26-21-13-6-14-22-26)28(23-15-7-3-8-16-23,24-17-9-4-10-18-24)25-19-11-5-12-20-25/h3-22H,1-2H3/q+1. The first kappa shape index (κ1) is 20.1. The van der Waals surface area contributed by atoms with Gasteiger partial charge in [0, 0.05) is 0 Å². The zero-order valence-corrected chi connectivity index (χ0v) is 19.5. The zero-order chi connectivity index (χ0) is 20.2. The van der Waals surface area contributed by atoms with E-state index >= 15 is 0 Å². The van der Waals surface area contributed by atoms with Crippen LogP contribution < -0.4 is 20.4 Å². The van der Waals surface area contributed by atoms with Gasteiger partial charge in [-0.2, -0.15) is 0 Å². The van der Waals surface area contributed by atoms with Crippen LogP contribution in [-0.2, 0) is 0 Å². The van der Waals surface area contributed by atoms with Crippen LogP contribution in [0.3, 0.4) is 0 Å². The summed E-state index contributed by atoms with van der Waals surface area (Å²) < 4.78 is 1.56. The third kappa shape index (κ3) is 3.84. The summed E-state index contributed by atoms with van der Waals surface area (Å²) in [4.78, 5) is 0. The molecule has 4 rings (SSSR count). The molecule has 0 spiro atoms. The normalized spacial score (nSPS) is 11.9. The summed E-state index contributed by atoms with van der Waals surface area (Å²) >= 11 is 0.309. The Bertz CT molecular complexity index is 932.